The Morgan fingerprint density at radius 1 is 1.00 bits per heavy atom. The van der Waals surface area contributed by atoms with E-state index in [0.717, 1.165) is 0 Å². The van der Waals surface area contributed by atoms with Gasteiger partial charge in [-0.25, -0.2) is 18.6 Å². The third-order valence-corrected chi connectivity index (χ3v) is 2.20. The van der Waals surface area contributed by atoms with Gasteiger partial charge in [-0.05, 0) is 13.8 Å². The molecular formula is C6H14ClNO4. The molecule has 5 nitrogen and oxygen atoms in total. The van der Waals surface area contributed by atoms with Crippen molar-refractivity contribution in [2.24, 2.45) is 0 Å². The molecule has 0 atom stereocenters. The molecule has 1 fully saturated rings. The molecule has 0 spiro atoms. The second-order valence-corrected chi connectivity index (χ2v) is 3.56. The van der Waals surface area contributed by atoms with Crippen LogP contribution in [-0.4, -0.2) is 30.7 Å². The minimum atomic E-state index is -4.94. The lowest BCUT2D eigenvalue weighted by molar-refractivity contribution is -2.00. The van der Waals surface area contributed by atoms with Crippen LogP contribution in [0.4, 0.5) is 0 Å². The van der Waals surface area contributed by atoms with Crippen LogP contribution in [-0.2, 0) is 0 Å². The third-order valence-electron chi connectivity index (χ3n) is 2.20. The van der Waals surface area contributed by atoms with E-state index in [2.05, 4.69) is 13.8 Å². The van der Waals surface area contributed by atoms with Gasteiger partial charge >= 0.3 is 0 Å². The fourth-order valence-electron chi connectivity index (χ4n) is 0.997. The number of quaternary nitrogens is 1. The Hall–Kier alpha value is 0.0900. The Balaban J connectivity index is 0.000000217. The fraction of sp³-hybridized carbons (Fsp3) is 1.00. The van der Waals surface area contributed by atoms with Gasteiger partial charge in [0.1, 0.15) is 13.1 Å². The summed E-state index contributed by atoms with van der Waals surface area (Å²) in [7, 11) is -4.94. The fourth-order valence-corrected chi connectivity index (χ4v) is 0.997. The molecule has 0 radical (unpaired) electrons. The van der Waals surface area contributed by atoms with E-state index >= 15 is 0 Å². The lowest BCUT2D eigenvalue weighted by Crippen LogP contribution is -2.68. The number of hydrogen-bond donors (Lipinski definition) is 0. The van der Waals surface area contributed by atoms with Crippen molar-refractivity contribution in [1.82, 2.24) is 0 Å². The summed E-state index contributed by atoms with van der Waals surface area (Å²) < 4.78 is 35.4. The van der Waals surface area contributed by atoms with Crippen LogP contribution >= 0.6 is 0 Å². The SMILES string of the molecule is CC[N+]1(CC)CC1.[O-][Cl+3]([O-])([O-])[O-]. The smallest absolute Gasteiger partial charge is 0.129 e. The molecule has 74 valence electrons. The predicted octanol–water partition coefficient (Wildman–Crippen LogP) is -3.90. The molecule has 0 unspecified atom stereocenters. The molecule has 1 heterocycles. The van der Waals surface area contributed by atoms with Gasteiger partial charge in [0.2, 0.25) is 0 Å². The maximum absolute atomic E-state index is 8.49. The molecule has 0 N–H and O–H groups in total. The van der Waals surface area contributed by atoms with Crippen LogP contribution in [0.2, 0.25) is 0 Å². The maximum Gasteiger partial charge on any atom is 0.129 e. The largest absolute Gasteiger partial charge is 0.315 e. The molecule has 0 aromatic heterocycles. The number of halogens is 1. The van der Waals surface area contributed by atoms with Crippen molar-refractivity contribution in [3.63, 3.8) is 0 Å². The highest BCUT2D eigenvalue weighted by Crippen LogP contribution is 2.18. The van der Waals surface area contributed by atoms with Gasteiger partial charge in [-0.15, -0.1) is 10.2 Å². The highest BCUT2D eigenvalue weighted by atomic mass is 35.7. The van der Waals surface area contributed by atoms with Gasteiger partial charge in [-0.3, -0.25) is 0 Å². The maximum atomic E-state index is 8.49. The van der Waals surface area contributed by atoms with E-state index in [1.807, 2.05) is 0 Å². The molecule has 0 aromatic rings. The van der Waals surface area contributed by atoms with E-state index in [0.29, 0.717) is 0 Å². The number of rotatable bonds is 2. The Labute approximate surface area is 74.2 Å². The van der Waals surface area contributed by atoms with Gasteiger partial charge in [0, 0.05) is 0 Å². The Morgan fingerprint density at radius 2 is 1.25 bits per heavy atom. The van der Waals surface area contributed by atoms with E-state index in [4.69, 9.17) is 18.6 Å². The second-order valence-electron chi connectivity index (χ2n) is 2.80. The molecule has 1 rings (SSSR count). The van der Waals surface area contributed by atoms with Crippen LogP contribution in [0.5, 0.6) is 0 Å². The molecule has 0 bridgehead atoms. The number of nitrogens with zero attached hydrogens (tertiary/aromatic N) is 1. The van der Waals surface area contributed by atoms with Gasteiger partial charge in [0.15, 0.2) is 0 Å². The van der Waals surface area contributed by atoms with Gasteiger partial charge in [0.25, 0.3) is 0 Å². The standard InChI is InChI=1S/C6H14N.ClHO4/c1-3-7(4-2)5-6-7;2-1(3,4)5/h3-6H2,1-2H3;(H,2,3,4,5)/q+1;/p-1. The predicted molar refractivity (Wildman–Crippen MR) is 31.1 cm³/mol. The average Bonchev–Trinajstić information content (AvgIpc) is 2.64. The lowest BCUT2D eigenvalue weighted by Gasteiger charge is -2.17. The van der Waals surface area contributed by atoms with Crippen LogP contribution in [0.25, 0.3) is 0 Å². The first-order valence-corrected chi connectivity index (χ1v) is 5.03. The zero-order chi connectivity index (χ0) is 9.83. The van der Waals surface area contributed by atoms with Gasteiger partial charge < -0.3 is 4.48 Å². The number of hydrogen-bond acceptors (Lipinski definition) is 4. The summed E-state index contributed by atoms with van der Waals surface area (Å²) in [5, 5.41) is 0. The second kappa shape index (κ2) is 4.36. The Morgan fingerprint density at radius 3 is 1.25 bits per heavy atom. The van der Waals surface area contributed by atoms with Crippen molar-refractivity contribution in [3.8, 4) is 0 Å². The molecule has 6 heteroatoms. The molecule has 0 amide bonds. The minimum Gasteiger partial charge on any atom is -0.315 e. The first-order valence-electron chi connectivity index (χ1n) is 3.80. The van der Waals surface area contributed by atoms with Crippen LogP contribution in [0.1, 0.15) is 13.8 Å². The van der Waals surface area contributed by atoms with E-state index in [9.17, 15) is 0 Å². The highest BCUT2D eigenvalue weighted by molar-refractivity contribution is 4.51. The molecular weight excluding hydrogens is 186 g/mol. The summed E-state index contributed by atoms with van der Waals surface area (Å²) in [4.78, 5) is 0. The average molecular weight is 200 g/mol. The summed E-state index contributed by atoms with van der Waals surface area (Å²) in [6, 6.07) is 0. The van der Waals surface area contributed by atoms with E-state index < -0.39 is 10.2 Å². The first-order chi connectivity index (χ1) is 5.33. The monoisotopic (exact) mass is 199 g/mol. The zero-order valence-corrected chi connectivity index (χ0v) is 8.04. The van der Waals surface area contributed by atoms with Crippen LogP contribution in [0, 0.1) is 10.2 Å². The van der Waals surface area contributed by atoms with Gasteiger partial charge in [-0.1, -0.05) is 0 Å². The van der Waals surface area contributed by atoms with Gasteiger partial charge in [-0.2, -0.15) is 0 Å². The van der Waals surface area contributed by atoms with E-state index in [1.165, 1.54) is 30.7 Å². The highest BCUT2D eigenvalue weighted by Gasteiger charge is 2.37. The van der Waals surface area contributed by atoms with Crippen LogP contribution < -0.4 is 18.6 Å². The summed E-state index contributed by atoms with van der Waals surface area (Å²) >= 11 is 0. The van der Waals surface area contributed by atoms with Crippen LogP contribution in [0.15, 0.2) is 0 Å². The molecule has 0 saturated carbocycles. The van der Waals surface area contributed by atoms with Gasteiger partial charge in [0.05, 0.1) is 13.1 Å². The van der Waals surface area contributed by atoms with Crippen molar-refractivity contribution in [3.05, 3.63) is 0 Å². The third kappa shape index (κ3) is 6.78. The van der Waals surface area contributed by atoms with E-state index in [-0.39, 0.29) is 0 Å². The van der Waals surface area contributed by atoms with Crippen molar-refractivity contribution in [2.45, 2.75) is 13.8 Å². The molecule has 0 aromatic carbocycles. The molecule has 1 aliphatic heterocycles. The number of likely N-dealkylation sites (N-methyl/N-ethyl adjacent to an activating group) is 1. The molecule has 0 aliphatic carbocycles. The Kier molecular flexibility index (Phi) is 4.39. The molecule has 1 aliphatic rings. The Bertz CT molecular complexity index is 120. The van der Waals surface area contributed by atoms with Crippen LogP contribution in [0.3, 0.4) is 0 Å². The quantitative estimate of drug-likeness (QED) is 0.336. The zero-order valence-electron chi connectivity index (χ0n) is 7.29. The van der Waals surface area contributed by atoms with Crippen molar-refractivity contribution in [2.75, 3.05) is 26.2 Å². The summed E-state index contributed by atoms with van der Waals surface area (Å²) in [5.74, 6) is 0. The lowest BCUT2D eigenvalue weighted by atomic mass is 10.6. The van der Waals surface area contributed by atoms with Crippen molar-refractivity contribution >= 4 is 0 Å². The van der Waals surface area contributed by atoms with Crippen molar-refractivity contribution in [1.29, 1.82) is 0 Å². The van der Waals surface area contributed by atoms with E-state index in [1.54, 1.807) is 0 Å². The molecule has 1 saturated heterocycles. The molecule has 12 heavy (non-hydrogen) atoms. The normalized spacial score (nSPS) is 19.5. The van der Waals surface area contributed by atoms with Crippen molar-refractivity contribution < 1.29 is 33.4 Å². The minimum absolute atomic E-state index is 1.34. The topological polar surface area (TPSA) is 92.2 Å². The first kappa shape index (κ1) is 12.1. The summed E-state index contributed by atoms with van der Waals surface area (Å²) in [6.07, 6.45) is 0. The summed E-state index contributed by atoms with van der Waals surface area (Å²) in [6.45, 7) is 10.1. The summed E-state index contributed by atoms with van der Waals surface area (Å²) in [5.41, 5.74) is 0.